The van der Waals surface area contributed by atoms with Gasteiger partial charge in [-0.25, -0.2) is 13.1 Å². The molecule has 0 fully saturated rings. The Kier molecular flexibility index (Phi) is 4.64. The van der Waals surface area contributed by atoms with Crippen molar-refractivity contribution < 1.29 is 17.6 Å². The maximum Gasteiger partial charge on any atom is 0.244 e. The van der Waals surface area contributed by atoms with E-state index in [1.54, 1.807) is 48.9 Å². The van der Waals surface area contributed by atoms with Crippen molar-refractivity contribution in [2.75, 3.05) is 7.11 Å². The van der Waals surface area contributed by atoms with Gasteiger partial charge >= 0.3 is 0 Å². The first kappa shape index (κ1) is 16.2. The predicted molar refractivity (Wildman–Crippen MR) is 89.0 cm³/mol. The van der Waals surface area contributed by atoms with Gasteiger partial charge in [-0.3, -0.25) is 4.98 Å². The van der Waals surface area contributed by atoms with E-state index in [1.807, 2.05) is 6.07 Å². The molecule has 0 aliphatic carbocycles. The number of hydrogen-bond donors (Lipinski definition) is 1. The number of nitrogens with one attached hydrogen (secondary N) is 1. The number of sulfonamides is 1. The van der Waals surface area contributed by atoms with Gasteiger partial charge in [-0.15, -0.1) is 0 Å². The fourth-order valence-electron chi connectivity index (χ4n) is 2.20. The van der Waals surface area contributed by atoms with Gasteiger partial charge in [-0.2, -0.15) is 0 Å². The quantitative estimate of drug-likeness (QED) is 0.743. The monoisotopic (exact) mass is 344 g/mol. The summed E-state index contributed by atoms with van der Waals surface area (Å²) in [5, 5.41) is 0. The van der Waals surface area contributed by atoms with Gasteiger partial charge in [-0.05, 0) is 35.9 Å². The number of pyridine rings is 1. The molecule has 6 nitrogen and oxygen atoms in total. The third-order valence-corrected chi connectivity index (χ3v) is 4.86. The number of furan rings is 1. The van der Waals surface area contributed by atoms with Gasteiger partial charge < -0.3 is 9.15 Å². The molecule has 7 heteroatoms. The molecule has 24 heavy (non-hydrogen) atoms. The lowest BCUT2D eigenvalue weighted by atomic mass is 10.2. The second-order valence-electron chi connectivity index (χ2n) is 5.00. The highest BCUT2D eigenvalue weighted by Crippen LogP contribution is 2.23. The molecule has 3 rings (SSSR count). The molecule has 0 aliphatic heterocycles. The van der Waals surface area contributed by atoms with Gasteiger partial charge in [0.15, 0.2) is 5.76 Å². The zero-order chi connectivity index (χ0) is 17.0. The lowest BCUT2D eigenvalue weighted by molar-refractivity contribution is 0.402. The average Bonchev–Trinajstić information content (AvgIpc) is 3.15. The van der Waals surface area contributed by atoms with Crippen LogP contribution in [-0.4, -0.2) is 20.5 Å². The number of benzene rings is 1. The molecule has 0 unspecified atom stereocenters. The number of methoxy groups -OCH3 is 1. The van der Waals surface area contributed by atoms with Gasteiger partial charge in [0.25, 0.3) is 0 Å². The molecule has 0 amide bonds. The third kappa shape index (κ3) is 3.47. The highest BCUT2D eigenvalue weighted by atomic mass is 32.2. The van der Waals surface area contributed by atoms with E-state index in [2.05, 4.69) is 9.71 Å². The van der Waals surface area contributed by atoms with Gasteiger partial charge in [0, 0.05) is 12.7 Å². The van der Waals surface area contributed by atoms with Crippen LogP contribution >= 0.6 is 0 Å². The van der Waals surface area contributed by atoms with Crippen molar-refractivity contribution in [3.63, 3.8) is 0 Å². The van der Waals surface area contributed by atoms with E-state index >= 15 is 0 Å². The van der Waals surface area contributed by atoms with Crippen LogP contribution in [0, 0.1) is 0 Å². The molecule has 0 saturated carbocycles. The molecule has 2 heterocycles. The van der Waals surface area contributed by atoms with Crippen molar-refractivity contribution in [2.24, 2.45) is 0 Å². The van der Waals surface area contributed by atoms with Crippen LogP contribution in [-0.2, 0) is 16.6 Å². The Morgan fingerprint density at radius 2 is 1.96 bits per heavy atom. The molecule has 2 aromatic heterocycles. The molecule has 0 atom stereocenters. The van der Waals surface area contributed by atoms with Crippen molar-refractivity contribution in [2.45, 2.75) is 11.4 Å². The summed E-state index contributed by atoms with van der Waals surface area (Å²) in [6, 6.07) is 13.7. The number of aromatic nitrogens is 1. The molecular weight excluding hydrogens is 328 g/mol. The fourth-order valence-corrected chi connectivity index (χ4v) is 3.38. The molecular formula is C17H16N2O4S. The number of ether oxygens (including phenoxy) is 1. The number of rotatable bonds is 6. The van der Waals surface area contributed by atoms with Gasteiger partial charge in [0.2, 0.25) is 10.0 Å². The van der Waals surface area contributed by atoms with Crippen LogP contribution in [0.4, 0.5) is 0 Å². The van der Waals surface area contributed by atoms with Crippen molar-refractivity contribution in [3.05, 3.63) is 66.6 Å². The largest absolute Gasteiger partial charge is 0.495 e. The molecule has 3 aromatic rings. The summed E-state index contributed by atoms with van der Waals surface area (Å²) in [5.41, 5.74) is 1.43. The summed E-state index contributed by atoms with van der Waals surface area (Å²) in [6.07, 6.45) is 3.19. The Balaban J connectivity index is 1.73. The van der Waals surface area contributed by atoms with Gasteiger partial charge in [0.1, 0.15) is 16.3 Å². The summed E-state index contributed by atoms with van der Waals surface area (Å²) in [7, 11) is -2.24. The second-order valence-corrected chi connectivity index (χ2v) is 6.74. The Morgan fingerprint density at radius 3 is 2.62 bits per heavy atom. The minimum Gasteiger partial charge on any atom is -0.495 e. The van der Waals surface area contributed by atoms with Crippen molar-refractivity contribution in [1.29, 1.82) is 0 Å². The van der Waals surface area contributed by atoms with E-state index in [1.165, 1.54) is 13.2 Å². The predicted octanol–water partition coefficient (Wildman–Crippen LogP) is 2.83. The zero-order valence-corrected chi connectivity index (χ0v) is 13.8. The van der Waals surface area contributed by atoms with E-state index in [9.17, 15) is 8.42 Å². The molecule has 0 bridgehead atoms. The van der Waals surface area contributed by atoms with Crippen LogP contribution in [0.3, 0.4) is 0 Å². The van der Waals surface area contributed by atoms with Gasteiger partial charge in [-0.1, -0.05) is 18.2 Å². The maximum absolute atomic E-state index is 12.4. The van der Waals surface area contributed by atoms with Crippen LogP contribution in [0.1, 0.15) is 5.56 Å². The van der Waals surface area contributed by atoms with Crippen LogP contribution in [0.5, 0.6) is 5.75 Å². The Bertz CT molecular complexity index is 904. The molecule has 0 spiro atoms. The highest BCUT2D eigenvalue weighted by Gasteiger charge is 2.18. The van der Waals surface area contributed by atoms with Crippen molar-refractivity contribution in [3.8, 4) is 17.2 Å². The van der Waals surface area contributed by atoms with E-state index in [0.717, 1.165) is 5.56 Å². The lowest BCUT2D eigenvalue weighted by Gasteiger charge is -2.10. The first-order valence-corrected chi connectivity index (χ1v) is 8.70. The average molecular weight is 344 g/mol. The van der Waals surface area contributed by atoms with Gasteiger partial charge in [0.05, 0.1) is 13.4 Å². The van der Waals surface area contributed by atoms with Crippen LogP contribution in [0.2, 0.25) is 0 Å². The van der Waals surface area contributed by atoms with E-state index in [4.69, 9.17) is 9.15 Å². The summed E-state index contributed by atoms with van der Waals surface area (Å²) in [4.78, 5) is 4.38. The van der Waals surface area contributed by atoms with E-state index in [0.29, 0.717) is 17.2 Å². The van der Waals surface area contributed by atoms with E-state index in [-0.39, 0.29) is 11.4 Å². The van der Waals surface area contributed by atoms with Crippen molar-refractivity contribution in [1.82, 2.24) is 9.71 Å². The maximum atomic E-state index is 12.4. The number of nitrogens with zero attached hydrogens (tertiary/aromatic N) is 1. The fraction of sp³-hybridized carbons (Fsp3) is 0.118. The molecule has 0 saturated heterocycles. The van der Waals surface area contributed by atoms with Crippen LogP contribution in [0.25, 0.3) is 11.5 Å². The van der Waals surface area contributed by atoms with Crippen molar-refractivity contribution >= 4 is 10.0 Å². The first-order valence-electron chi connectivity index (χ1n) is 7.21. The SMILES string of the molecule is COc1ccccc1S(=O)(=O)NCc1ccc(-c2ccco2)nc1. The standard InChI is InChI=1S/C17H16N2O4S/c1-22-16-5-2-3-7-17(16)24(20,21)19-12-13-8-9-14(18-11-13)15-6-4-10-23-15/h2-11,19H,12H2,1H3. The molecule has 1 aromatic carbocycles. The lowest BCUT2D eigenvalue weighted by Crippen LogP contribution is -2.23. The Morgan fingerprint density at radius 1 is 1.12 bits per heavy atom. The summed E-state index contributed by atoms with van der Waals surface area (Å²) >= 11 is 0. The topological polar surface area (TPSA) is 81.4 Å². The minimum absolute atomic E-state index is 0.104. The summed E-state index contributed by atoms with van der Waals surface area (Å²) < 4.78 is 37.7. The van der Waals surface area contributed by atoms with Crippen LogP contribution < -0.4 is 9.46 Å². The highest BCUT2D eigenvalue weighted by molar-refractivity contribution is 7.89. The normalized spacial score (nSPS) is 11.4. The second kappa shape index (κ2) is 6.86. The van der Waals surface area contributed by atoms with Crippen LogP contribution in [0.15, 0.2) is 70.3 Å². The minimum atomic E-state index is -3.68. The molecule has 0 aliphatic rings. The molecule has 0 radical (unpaired) electrons. The first-order chi connectivity index (χ1) is 11.6. The third-order valence-electron chi connectivity index (χ3n) is 3.42. The van der Waals surface area contributed by atoms with E-state index < -0.39 is 10.0 Å². The molecule has 1 N–H and O–H groups in total. The summed E-state index contributed by atoms with van der Waals surface area (Å²) in [6.45, 7) is 0.131. The number of hydrogen-bond acceptors (Lipinski definition) is 5. The molecule has 124 valence electrons. The Hall–Kier alpha value is -2.64. The zero-order valence-electron chi connectivity index (χ0n) is 13.0. The number of para-hydroxylation sites is 1. The Labute approximate surface area is 140 Å². The summed E-state index contributed by atoms with van der Waals surface area (Å²) in [5.74, 6) is 0.965. The smallest absolute Gasteiger partial charge is 0.244 e.